The molecular formula is C17H33N3O3. The Labute approximate surface area is 140 Å². The second-order valence-corrected chi connectivity index (χ2v) is 7.59. The molecule has 23 heavy (non-hydrogen) atoms. The van der Waals surface area contributed by atoms with E-state index in [-0.39, 0.29) is 18.0 Å². The van der Waals surface area contributed by atoms with Gasteiger partial charge in [-0.3, -0.25) is 4.79 Å². The molecule has 1 heterocycles. The van der Waals surface area contributed by atoms with E-state index < -0.39 is 5.60 Å². The van der Waals surface area contributed by atoms with Gasteiger partial charge >= 0.3 is 6.09 Å². The topological polar surface area (TPSA) is 70.7 Å². The molecule has 6 heteroatoms. The molecule has 6 nitrogen and oxygen atoms in total. The van der Waals surface area contributed by atoms with Crippen molar-refractivity contribution in [3.05, 3.63) is 0 Å². The third-order valence-electron chi connectivity index (χ3n) is 3.68. The Morgan fingerprint density at radius 3 is 2.35 bits per heavy atom. The van der Waals surface area contributed by atoms with Crippen LogP contribution in [0.4, 0.5) is 4.79 Å². The number of rotatable bonds is 6. The minimum atomic E-state index is -0.438. The van der Waals surface area contributed by atoms with Gasteiger partial charge < -0.3 is 20.3 Å². The zero-order valence-electron chi connectivity index (χ0n) is 15.3. The molecule has 0 unspecified atom stereocenters. The van der Waals surface area contributed by atoms with Crippen LogP contribution < -0.4 is 10.6 Å². The number of carbonyl (C=O) groups is 2. The summed E-state index contributed by atoms with van der Waals surface area (Å²) in [6.45, 7) is 12.7. The minimum Gasteiger partial charge on any atom is -0.444 e. The predicted molar refractivity (Wildman–Crippen MR) is 91.3 cm³/mol. The summed E-state index contributed by atoms with van der Waals surface area (Å²) in [5.41, 5.74) is -0.438. The second kappa shape index (κ2) is 9.11. The number of carbonyl (C=O) groups excluding carboxylic acids is 2. The molecule has 2 N–H and O–H groups in total. The molecular weight excluding hydrogens is 294 g/mol. The highest BCUT2D eigenvalue weighted by atomic mass is 16.6. The molecule has 1 aliphatic rings. The lowest BCUT2D eigenvalue weighted by Crippen LogP contribution is -2.43. The summed E-state index contributed by atoms with van der Waals surface area (Å²) >= 11 is 0. The Hall–Kier alpha value is -1.30. The van der Waals surface area contributed by atoms with Crippen molar-refractivity contribution in [3.8, 4) is 0 Å². The Balaban J connectivity index is 2.15. The van der Waals surface area contributed by atoms with E-state index in [0.717, 1.165) is 32.5 Å². The van der Waals surface area contributed by atoms with E-state index >= 15 is 0 Å². The van der Waals surface area contributed by atoms with Crippen LogP contribution in [0.15, 0.2) is 0 Å². The number of hydrogen-bond donors (Lipinski definition) is 2. The van der Waals surface area contributed by atoms with Crippen LogP contribution in [0.3, 0.4) is 0 Å². The zero-order valence-corrected chi connectivity index (χ0v) is 15.3. The standard InChI is InChI=1S/C17H33N3O3/c1-13(2)19-15(21)6-9-18-12-14-7-10-20(11-8-14)16(22)23-17(3,4)5/h13-14,18H,6-12H2,1-5H3,(H,19,21). The summed E-state index contributed by atoms with van der Waals surface area (Å²) in [5, 5.41) is 6.23. The van der Waals surface area contributed by atoms with Gasteiger partial charge in [0.05, 0.1) is 0 Å². The molecule has 0 aromatic carbocycles. The number of piperidine rings is 1. The van der Waals surface area contributed by atoms with Gasteiger partial charge in [0.25, 0.3) is 0 Å². The molecule has 0 bridgehead atoms. The molecule has 1 aliphatic heterocycles. The lowest BCUT2D eigenvalue weighted by Gasteiger charge is -2.33. The van der Waals surface area contributed by atoms with Crippen LogP contribution in [-0.2, 0) is 9.53 Å². The van der Waals surface area contributed by atoms with Gasteiger partial charge in [0, 0.05) is 32.1 Å². The maximum absolute atomic E-state index is 12.0. The molecule has 0 aromatic rings. The highest BCUT2D eigenvalue weighted by Crippen LogP contribution is 2.19. The molecule has 0 spiro atoms. The van der Waals surface area contributed by atoms with Crippen molar-refractivity contribution < 1.29 is 14.3 Å². The maximum atomic E-state index is 12.0. The van der Waals surface area contributed by atoms with Gasteiger partial charge in [-0.25, -0.2) is 4.79 Å². The van der Waals surface area contributed by atoms with Gasteiger partial charge in [-0.15, -0.1) is 0 Å². The molecule has 0 atom stereocenters. The predicted octanol–water partition coefficient (Wildman–Crippen LogP) is 2.14. The smallest absolute Gasteiger partial charge is 0.410 e. The Bertz CT molecular complexity index is 383. The highest BCUT2D eigenvalue weighted by molar-refractivity contribution is 5.76. The van der Waals surface area contributed by atoms with Gasteiger partial charge in [0.1, 0.15) is 5.60 Å². The molecule has 0 saturated carbocycles. The van der Waals surface area contributed by atoms with E-state index in [4.69, 9.17) is 4.74 Å². The Morgan fingerprint density at radius 1 is 1.22 bits per heavy atom. The Morgan fingerprint density at radius 2 is 1.83 bits per heavy atom. The average molecular weight is 327 g/mol. The number of ether oxygens (including phenoxy) is 1. The van der Waals surface area contributed by atoms with E-state index in [2.05, 4.69) is 10.6 Å². The van der Waals surface area contributed by atoms with Crippen LogP contribution in [-0.4, -0.2) is 54.7 Å². The SMILES string of the molecule is CC(C)NC(=O)CCNCC1CCN(C(=O)OC(C)(C)C)CC1. The fourth-order valence-corrected chi connectivity index (χ4v) is 2.55. The number of likely N-dealkylation sites (tertiary alicyclic amines) is 1. The molecule has 0 aliphatic carbocycles. The van der Waals surface area contributed by atoms with E-state index in [1.807, 2.05) is 34.6 Å². The van der Waals surface area contributed by atoms with Crippen LogP contribution in [0.5, 0.6) is 0 Å². The van der Waals surface area contributed by atoms with Gasteiger partial charge in [-0.05, 0) is 59.9 Å². The van der Waals surface area contributed by atoms with Gasteiger partial charge in [0.15, 0.2) is 0 Å². The lowest BCUT2D eigenvalue weighted by molar-refractivity contribution is -0.121. The normalized spacial score (nSPS) is 16.5. The first kappa shape index (κ1) is 19.7. The van der Waals surface area contributed by atoms with Crippen LogP contribution in [0, 0.1) is 5.92 Å². The first-order valence-corrected chi connectivity index (χ1v) is 8.65. The first-order chi connectivity index (χ1) is 10.7. The fraction of sp³-hybridized carbons (Fsp3) is 0.882. The van der Waals surface area contributed by atoms with Gasteiger partial charge in [0.2, 0.25) is 5.91 Å². The minimum absolute atomic E-state index is 0.0900. The highest BCUT2D eigenvalue weighted by Gasteiger charge is 2.26. The van der Waals surface area contributed by atoms with Crippen molar-refractivity contribution in [2.45, 2.75) is 65.5 Å². The quantitative estimate of drug-likeness (QED) is 0.733. The monoisotopic (exact) mass is 327 g/mol. The van der Waals surface area contributed by atoms with Gasteiger partial charge in [-0.2, -0.15) is 0 Å². The van der Waals surface area contributed by atoms with Crippen LogP contribution in [0.1, 0.15) is 53.9 Å². The fourth-order valence-electron chi connectivity index (χ4n) is 2.55. The zero-order chi connectivity index (χ0) is 17.5. The molecule has 1 saturated heterocycles. The largest absolute Gasteiger partial charge is 0.444 e. The number of nitrogens with zero attached hydrogens (tertiary/aromatic N) is 1. The third kappa shape index (κ3) is 8.79. The molecule has 1 rings (SSSR count). The molecule has 0 aromatic heterocycles. The van der Waals surface area contributed by atoms with Gasteiger partial charge in [-0.1, -0.05) is 0 Å². The van der Waals surface area contributed by atoms with Crippen molar-refractivity contribution >= 4 is 12.0 Å². The van der Waals surface area contributed by atoms with E-state index in [1.54, 1.807) is 4.90 Å². The van der Waals surface area contributed by atoms with Crippen LogP contribution in [0.2, 0.25) is 0 Å². The van der Waals surface area contributed by atoms with Crippen LogP contribution >= 0.6 is 0 Å². The van der Waals surface area contributed by atoms with E-state index in [9.17, 15) is 9.59 Å². The summed E-state index contributed by atoms with van der Waals surface area (Å²) in [6, 6.07) is 0.194. The molecule has 2 amide bonds. The Kier molecular flexibility index (Phi) is 7.82. The summed E-state index contributed by atoms with van der Waals surface area (Å²) in [5.74, 6) is 0.647. The summed E-state index contributed by atoms with van der Waals surface area (Å²) in [4.78, 5) is 25.3. The summed E-state index contributed by atoms with van der Waals surface area (Å²) in [7, 11) is 0. The van der Waals surface area contributed by atoms with E-state index in [0.29, 0.717) is 18.9 Å². The van der Waals surface area contributed by atoms with E-state index in [1.165, 1.54) is 0 Å². The van der Waals surface area contributed by atoms with Crippen molar-refractivity contribution in [2.24, 2.45) is 5.92 Å². The molecule has 0 radical (unpaired) electrons. The van der Waals surface area contributed by atoms with Crippen LogP contribution in [0.25, 0.3) is 0 Å². The van der Waals surface area contributed by atoms with Crippen molar-refractivity contribution in [3.63, 3.8) is 0 Å². The lowest BCUT2D eigenvalue weighted by atomic mass is 9.97. The summed E-state index contributed by atoms with van der Waals surface area (Å²) in [6.07, 6.45) is 2.25. The van der Waals surface area contributed by atoms with Crippen molar-refractivity contribution in [1.82, 2.24) is 15.5 Å². The summed E-state index contributed by atoms with van der Waals surface area (Å²) < 4.78 is 5.40. The first-order valence-electron chi connectivity index (χ1n) is 8.65. The third-order valence-corrected chi connectivity index (χ3v) is 3.68. The molecule has 1 fully saturated rings. The average Bonchev–Trinajstić information content (AvgIpc) is 2.41. The van der Waals surface area contributed by atoms with Crippen molar-refractivity contribution in [1.29, 1.82) is 0 Å². The molecule has 134 valence electrons. The van der Waals surface area contributed by atoms with Crippen molar-refractivity contribution in [2.75, 3.05) is 26.2 Å². The maximum Gasteiger partial charge on any atom is 0.410 e. The number of hydrogen-bond acceptors (Lipinski definition) is 4. The number of amides is 2. The second-order valence-electron chi connectivity index (χ2n) is 7.59. The number of nitrogens with one attached hydrogen (secondary N) is 2.